The summed E-state index contributed by atoms with van der Waals surface area (Å²) in [5.74, 6) is -2.31. The van der Waals surface area contributed by atoms with Gasteiger partial charge in [0.1, 0.15) is 39.6 Å². The Balaban J connectivity index is 7.20. The summed E-state index contributed by atoms with van der Waals surface area (Å²) in [5.41, 5.74) is -2.73. The highest BCUT2D eigenvalue weighted by Gasteiger charge is 2.41. The van der Waals surface area contributed by atoms with Gasteiger partial charge in [-0.1, -0.05) is 504 Å². The lowest BCUT2D eigenvalue weighted by Crippen LogP contribution is -2.47. The predicted octanol–water partition coefficient (Wildman–Crippen LogP) is 33.1. The van der Waals surface area contributed by atoms with Gasteiger partial charge >= 0.3 is 35.8 Å². The minimum atomic E-state index is -1.37. The number of carbonyl (C=O) groups excluding carboxylic acids is 6. The third-order valence-electron chi connectivity index (χ3n) is 25.0. The Morgan fingerprint density at radius 2 is 0.227 bits per heavy atom. The van der Waals surface area contributed by atoms with Gasteiger partial charge in [0, 0.05) is 38.5 Å². The van der Waals surface area contributed by atoms with Gasteiger partial charge in [-0.15, -0.1) is 0 Å². The molecule has 0 amide bonds. The van der Waals surface area contributed by atoms with Crippen LogP contribution in [-0.4, -0.2) is 88.7 Å². The largest absolute Gasteiger partial charge is 0.465 e. The molecular weight excluding hydrogens is 1480 g/mol. The quantitative estimate of drug-likeness (QED) is 0.0321. The van der Waals surface area contributed by atoms with Crippen LogP contribution in [0.2, 0.25) is 0 Å². The Morgan fingerprint density at radius 3 is 0.328 bits per heavy atom. The van der Waals surface area contributed by atoms with Crippen LogP contribution in [0.15, 0.2) is 0 Å². The molecule has 0 aromatic heterocycles. The van der Waals surface area contributed by atoms with Crippen molar-refractivity contribution >= 4 is 35.8 Å². The van der Waals surface area contributed by atoms with Crippen LogP contribution < -0.4 is 0 Å². The number of hydrogen-bond acceptors (Lipinski definition) is 13. The van der Waals surface area contributed by atoms with Gasteiger partial charge in [0.15, 0.2) is 0 Å². The molecule has 0 aromatic rings. The van der Waals surface area contributed by atoms with Crippen LogP contribution in [0.3, 0.4) is 0 Å². The molecule has 0 aliphatic rings. The lowest BCUT2D eigenvalue weighted by molar-refractivity contribution is -0.175. The first-order chi connectivity index (χ1) is 58.4. The molecule has 13 nitrogen and oxygen atoms in total. The maximum atomic E-state index is 14.1. The van der Waals surface area contributed by atoms with E-state index < -0.39 is 10.8 Å². The number of carbonyl (C=O) groups is 6. The molecule has 0 aromatic carbocycles. The zero-order chi connectivity index (χ0) is 86.5. The van der Waals surface area contributed by atoms with Crippen molar-refractivity contribution in [3.8, 4) is 0 Å². The summed E-state index contributed by atoms with van der Waals surface area (Å²) in [6.07, 6.45) is 93.7. The van der Waals surface area contributed by atoms with Gasteiger partial charge in [0.05, 0.1) is 24.0 Å². The van der Waals surface area contributed by atoms with Crippen LogP contribution in [0, 0.1) is 10.8 Å². The number of ether oxygens (including phenoxy) is 7. The van der Waals surface area contributed by atoms with E-state index >= 15 is 0 Å². The maximum absolute atomic E-state index is 14.1. The fourth-order valence-corrected chi connectivity index (χ4v) is 16.5. The monoisotopic (exact) mass is 1680 g/mol. The van der Waals surface area contributed by atoms with E-state index in [2.05, 4.69) is 41.5 Å². The summed E-state index contributed by atoms with van der Waals surface area (Å²) in [7, 11) is 0. The molecule has 0 aliphatic heterocycles. The summed E-state index contributed by atoms with van der Waals surface area (Å²) in [5, 5.41) is 0. The average molecular weight is 1680 g/mol. The van der Waals surface area contributed by atoms with Crippen molar-refractivity contribution in [2.45, 2.75) is 581 Å². The Morgan fingerprint density at radius 1 is 0.134 bits per heavy atom. The van der Waals surface area contributed by atoms with Crippen molar-refractivity contribution in [1.82, 2.24) is 0 Å². The van der Waals surface area contributed by atoms with Crippen LogP contribution >= 0.6 is 0 Å². The topological polar surface area (TPSA) is 167 Å². The van der Waals surface area contributed by atoms with E-state index in [0.29, 0.717) is 38.5 Å². The Bertz CT molecular complexity index is 1780. The van der Waals surface area contributed by atoms with E-state index in [9.17, 15) is 28.8 Å². The summed E-state index contributed by atoms with van der Waals surface area (Å²) >= 11 is 0. The normalized spacial score (nSPS) is 11.7. The summed E-state index contributed by atoms with van der Waals surface area (Å²) in [4.78, 5) is 84.3. The molecule has 0 saturated carbocycles. The molecule has 0 saturated heterocycles. The van der Waals surface area contributed by atoms with Gasteiger partial charge in [0.2, 0.25) is 0 Å². The van der Waals surface area contributed by atoms with E-state index in [0.717, 1.165) is 116 Å². The first-order valence-corrected chi connectivity index (χ1v) is 53.0. The standard InChI is InChI=1S/C106H202O13/c1-7-13-19-25-31-37-43-49-55-61-67-73-79-85-99(107)114-93-105(94-115-100(108)86-80-74-68-62-56-50-44-38-32-26-20-14-8-2,95-116-101(109)87-81-75-69-63-57-51-45-39-33-27-21-15-9-3)91-113-92-106(96-117-102(110)88-82-76-70-64-58-52-46-40-34-28-22-16-10-4,97-118-103(111)89-83-77-71-65-59-53-47-41-35-29-23-17-11-5)98-119-104(112)90-84-78-72-66-60-54-48-42-36-30-24-18-12-6/h7-98H2,1-6H3. The van der Waals surface area contributed by atoms with Crippen LogP contribution in [0.1, 0.15) is 581 Å². The number of unbranched alkanes of at least 4 members (excludes halogenated alkanes) is 72. The van der Waals surface area contributed by atoms with E-state index in [1.54, 1.807) is 0 Å². The molecule has 0 bridgehead atoms. The summed E-state index contributed by atoms with van der Waals surface area (Å²) in [6, 6.07) is 0. The van der Waals surface area contributed by atoms with Crippen LogP contribution in [0.5, 0.6) is 0 Å². The van der Waals surface area contributed by atoms with E-state index in [4.69, 9.17) is 33.2 Å². The molecule has 0 fully saturated rings. The predicted molar refractivity (Wildman–Crippen MR) is 503 cm³/mol. The Kier molecular flexibility index (Phi) is 91.4. The zero-order valence-electron chi connectivity index (χ0n) is 80.4. The third kappa shape index (κ3) is 85.4. The lowest BCUT2D eigenvalue weighted by atomic mass is 9.90. The fourth-order valence-electron chi connectivity index (χ4n) is 16.5. The molecule has 0 unspecified atom stereocenters. The first-order valence-electron chi connectivity index (χ1n) is 53.0. The smallest absolute Gasteiger partial charge is 0.305 e. The number of rotatable bonds is 100. The van der Waals surface area contributed by atoms with Gasteiger partial charge in [-0.05, 0) is 38.5 Å². The van der Waals surface area contributed by atoms with Crippen LogP contribution in [-0.2, 0) is 61.9 Å². The molecule has 0 aliphatic carbocycles. The lowest BCUT2D eigenvalue weighted by Gasteiger charge is -2.35. The van der Waals surface area contributed by atoms with Crippen LogP contribution in [0.4, 0.5) is 0 Å². The molecule has 0 spiro atoms. The maximum Gasteiger partial charge on any atom is 0.305 e. The van der Waals surface area contributed by atoms with E-state index in [1.807, 2.05) is 0 Å². The molecule has 704 valence electrons. The number of esters is 6. The molecular formula is C106H202O13. The van der Waals surface area contributed by atoms with Crippen LogP contribution in [0.25, 0.3) is 0 Å². The van der Waals surface area contributed by atoms with Crippen molar-refractivity contribution in [1.29, 1.82) is 0 Å². The highest BCUT2D eigenvalue weighted by atomic mass is 16.6. The first kappa shape index (κ1) is 116. The van der Waals surface area contributed by atoms with Gasteiger partial charge in [-0.2, -0.15) is 0 Å². The highest BCUT2D eigenvalue weighted by molar-refractivity contribution is 5.71. The highest BCUT2D eigenvalue weighted by Crippen LogP contribution is 2.30. The zero-order valence-corrected chi connectivity index (χ0v) is 80.4. The van der Waals surface area contributed by atoms with E-state index in [-0.39, 0.29) is 127 Å². The van der Waals surface area contributed by atoms with Crippen molar-refractivity contribution in [3.63, 3.8) is 0 Å². The molecule has 13 heteroatoms. The van der Waals surface area contributed by atoms with Gasteiger partial charge < -0.3 is 33.2 Å². The van der Waals surface area contributed by atoms with Crippen molar-refractivity contribution in [2.24, 2.45) is 10.8 Å². The average Bonchev–Trinajstić information content (AvgIpc) is 0.838. The van der Waals surface area contributed by atoms with Crippen molar-refractivity contribution in [3.05, 3.63) is 0 Å². The molecule has 119 heavy (non-hydrogen) atoms. The Labute approximate surface area is 738 Å². The molecule has 0 atom stereocenters. The van der Waals surface area contributed by atoms with Gasteiger partial charge in [-0.25, -0.2) is 0 Å². The minimum absolute atomic E-state index is 0.217. The SMILES string of the molecule is CCCCCCCCCCCCCCCC(=O)OCC(COCC(COC(=O)CCCCCCCCCCCCCCC)(COC(=O)CCCCCCCCCCCCCCC)COC(=O)CCCCCCCCCCCCCCC)(COC(=O)CCCCCCCCCCCCCCC)COC(=O)CCCCCCCCCCCCCCC. The van der Waals surface area contributed by atoms with Crippen molar-refractivity contribution < 1.29 is 61.9 Å². The second-order valence-electron chi connectivity index (χ2n) is 37.4. The molecule has 0 heterocycles. The molecule has 0 N–H and O–H groups in total. The summed E-state index contributed by atoms with van der Waals surface area (Å²) < 4.78 is 44.4. The van der Waals surface area contributed by atoms with Gasteiger partial charge in [0.25, 0.3) is 0 Å². The fraction of sp³-hybridized carbons (Fsp3) is 0.943. The third-order valence-corrected chi connectivity index (χ3v) is 25.0. The molecule has 0 rings (SSSR count). The Hall–Kier alpha value is -3.22. The summed E-state index contributed by atoms with van der Waals surface area (Å²) in [6.45, 7) is 11.6. The minimum Gasteiger partial charge on any atom is -0.465 e. The van der Waals surface area contributed by atoms with Gasteiger partial charge in [-0.3, -0.25) is 28.8 Å². The van der Waals surface area contributed by atoms with Crippen molar-refractivity contribution in [2.75, 3.05) is 52.9 Å². The van der Waals surface area contributed by atoms with E-state index in [1.165, 1.54) is 347 Å². The second kappa shape index (κ2) is 93.9. The second-order valence-corrected chi connectivity index (χ2v) is 37.4. The number of hydrogen-bond donors (Lipinski definition) is 0. The molecule has 0 radical (unpaired) electrons.